The molecule has 2 heterocycles. The van der Waals surface area contributed by atoms with Gasteiger partial charge in [-0.3, -0.25) is 9.59 Å². The Kier molecular flexibility index (Phi) is 7.83. The fraction of sp³-hybridized carbons (Fsp3) is 0.375. The Morgan fingerprint density at radius 1 is 0.352 bits per heavy atom. The highest BCUT2D eigenvalue weighted by atomic mass is 16.7. The highest BCUT2D eigenvalue weighted by Crippen LogP contribution is 2.49. The summed E-state index contributed by atoms with van der Waals surface area (Å²) in [6.07, 6.45) is 3.18. The SMILES string of the molecule is CC(C)CC1(CC(C)C)Oc2cc3cc4cc5c(cc4cc3cc2O1)C(=O)c1cc2cc3cc4c(cc3cc2cc1C5=O)OC(CC(C)C)(CC(C)C)O4. The molecule has 0 amide bonds. The predicted octanol–water partition coefficient (Wildman–Crippen LogP) is 12.2. The second kappa shape index (κ2) is 12.2. The molecule has 0 saturated carbocycles. The standard InChI is InChI=1S/C48H48O6/c1-25(2)21-47(22-26(3)4)51-41-17-33-9-29-13-37-38(14-30(29)10-34(33)18-42(41)52-47)46(50)40-16-32-12-36-20-44-43(19-35(36)11-31(32)15-39(40)45(37)49)53-48(54-44,23-27(5)6)24-28(7)8/h9-20,25-28H,21-24H2,1-8H3. The van der Waals surface area contributed by atoms with E-state index in [-0.39, 0.29) is 11.6 Å². The van der Waals surface area contributed by atoms with Gasteiger partial charge in [0.1, 0.15) is 0 Å². The highest BCUT2D eigenvalue weighted by Gasteiger charge is 2.44. The Bertz CT molecular complexity index is 2220. The zero-order valence-corrected chi connectivity index (χ0v) is 32.5. The van der Waals surface area contributed by atoms with Crippen LogP contribution in [0, 0.1) is 23.7 Å². The van der Waals surface area contributed by atoms with Gasteiger partial charge >= 0.3 is 0 Å². The third-order valence-corrected chi connectivity index (χ3v) is 11.0. The Morgan fingerprint density at radius 2 is 0.556 bits per heavy atom. The lowest BCUT2D eigenvalue weighted by Crippen LogP contribution is -2.41. The molecule has 1 aliphatic carbocycles. The van der Waals surface area contributed by atoms with Gasteiger partial charge < -0.3 is 18.9 Å². The van der Waals surface area contributed by atoms with Gasteiger partial charge in [-0.2, -0.15) is 0 Å². The Hall–Kier alpha value is -5.10. The molecule has 0 fully saturated rings. The molecule has 0 saturated heterocycles. The summed E-state index contributed by atoms with van der Waals surface area (Å²) in [5, 5.41) is 7.57. The van der Waals surface area contributed by atoms with E-state index in [2.05, 4.69) is 79.7 Å². The summed E-state index contributed by atoms with van der Waals surface area (Å²) in [5.41, 5.74) is 1.73. The molecule has 6 aromatic carbocycles. The number of carbonyl (C=O) groups excluding carboxylic acids is 2. The van der Waals surface area contributed by atoms with Gasteiger partial charge in [-0.25, -0.2) is 0 Å². The van der Waals surface area contributed by atoms with E-state index in [9.17, 15) is 9.59 Å². The van der Waals surface area contributed by atoms with Crippen LogP contribution in [-0.2, 0) is 0 Å². The van der Waals surface area contributed by atoms with E-state index in [4.69, 9.17) is 18.9 Å². The number of ketones is 2. The molecule has 9 rings (SSSR count). The number of benzene rings is 6. The molecule has 0 unspecified atom stereocenters. The molecule has 0 N–H and O–H groups in total. The van der Waals surface area contributed by atoms with Crippen LogP contribution >= 0.6 is 0 Å². The van der Waals surface area contributed by atoms with Gasteiger partial charge in [0.05, 0.1) is 0 Å². The third kappa shape index (κ3) is 5.77. The largest absolute Gasteiger partial charge is 0.448 e. The number of ether oxygens (including phenoxy) is 4. The van der Waals surface area contributed by atoms with Crippen molar-refractivity contribution >= 4 is 54.7 Å². The van der Waals surface area contributed by atoms with Crippen molar-refractivity contribution in [3.63, 3.8) is 0 Å². The maximum absolute atomic E-state index is 14.2. The minimum absolute atomic E-state index is 0.140. The molecule has 6 nitrogen and oxygen atoms in total. The average molecular weight is 721 g/mol. The maximum atomic E-state index is 14.2. The Morgan fingerprint density at radius 3 is 0.759 bits per heavy atom. The van der Waals surface area contributed by atoms with E-state index in [1.165, 1.54) is 0 Å². The molecule has 0 radical (unpaired) electrons. The lowest BCUT2D eigenvalue weighted by atomic mass is 9.81. The first-order chi connectivity index (χ1) is 25.7. The van der Waals surface area contributed by atoms with Crippen LogP contribution in [0.15, 0.2) is 72.8 Å². The van der Waals surface area contributed by atoms with Gasteiger partial charge in [0.25, 0.3) is 11.6 Å². The first-order valence-corrected chi connectivity index (χ1v) is 19.6. The molecule has 276 valence electrons. The van der Waals surface area contributed by atoms with Gasteiger partial charge in [0.15, 0.2) is 34.6 Å². The van der Waals surface area contributed by atoms with Gasteiger partial charge in [-0.05, 0) is 140 Å². The topological polar surface area (TPSA) is 71.1 Å². The van der Waals surface area contributed by atoms with Crippen molar-refractivity contribution in [2.45, 2.75) is 92.6 Å². The first kappa shape index (κ1) is 34.7. The minimum Gasteiger partial charge on any atom is -0.448 e. The fourth-order valence-corrected chi connectivity index (χ4v) is 9.31. The molecule has 0 spiro atoms. The predicted molar refractivity (Wildman–Crippen MR) is 216 cm³/mol. The van der Waals surface area contributed by atoms with Crippen molar-refractivity contribution in [2.75, 3.05) is 0 Å². The molecule has 0 atom stereocenters. The molecule has 0 aromatic heterocycles. The van der Waals surface area contributed by atoms with Crippen LogP contribution in [-0.4, -0.2) is 23.1 Å². The first-order valence-electron chi connectivity index (χ1n) is 19.6. The summed E-state index contributed by atoms with van der Waals surface area (Å²) in [5.74, 6) is 2.97. The van der Waals surface area contributed by atoms with E-state index >= 15 is 0 Å². The summed E-state index contributed by atoms with van der Waals surface area (Å²) >= 11 is 0. The summed E-state index contributed by atoms with van der Waals surface area (Å²) in [6.45, 7) is 17.5. The molecule has 6 heteroatoms. The number of hydrogen-bond donors (Lipinski definition) is 0. The van der Waals surface area contributed by atoms with Gasteiger partial charge in [-0.15, -0.1) is 0 Å². The van der Waals surface area contributed by atoms with Crippen LogP contribution in [0.4, 0.5) is 0 Å². The van der Waals surface area contributed by atoms with Crippen LogP contribution < -0.4 is 18.9 Å². The monoisotopic (exact) mass is 720 g/mol. The lowest BCUT2D eigenvalue weighted by Gasteiger charge is -2.31. The van der Waals surface area contributed by atoms with Crippen molar-refractivity contribution in [1.29, 1.82) is 0 Å². The maximum Gasteiger partial charge on any atom is 0.252 e. The third-order valence-electron chi connectivity index (χ3n) is 11.0. The van der Waals surface area contributed by atoms with Crippen molar-refractivity contribution in [1.82, 2.24) is 0 Å². The van der Waals surface area contributed by atoms with Gasteiger partial charge in [-0.1, -0.05) is 55.4 Å². The van der Waals surface area contributed by atoms with E-state index in [0.29, 0.717) is 45.9 Å². The zero-order valence-electron chi connectivity index (χ0n) is 32.5. The molecule has 3 aliphatic rings. The highest BCUT2D eigenvalue weighted by molar-refractivity contribution is 6.31. The Balaban J connectivity index is 1.09. The van der Waals surface area contributed by atoms with Gasteiger partial charge in [0, 0.05) is 47.9 Å². The summed E-state index contributed by atoms with van der Waals surface area (Å²) in [7, 11) is 0. The van der Waals surface area contributed by atoms with Crippen molar-refractivity contribution in [2.24, 2.45) is 23.7 Å². The van der Waals surface area contributed by atoms with E-state index in [1.807, 2.05) is 48.5 Å². The summed E-state index contributed by atoms with van der Waals surface area (Å²) in [6, 6.07) is 24.0. The molecule has 0 bridgehead atoms. The van der Waals surface area contributed by atoms with Crippen LogP contribution in [0.3, 0.4) is 0 Å². The van der Waals surface area contributed by atoms with E-state index in [1.54, 1.807) is 0 Å². The van der Waals surface area contributed by atoms with Crippen molar-refractivity contribution in [3.8, 4) is 23.0 Å². The molecule has 6 aromatic rings. The van der Waals surface area contributed by atoms with E-state index in [0.717, 1.165) is 91.8 Å². The van der Waals surface area contributed by atoms with Gasteiger partial charge in [0.2, 0.25) is 0 Å². The van der Waals surface area contributed by atoms with Crippen LogP contribution in [0.1, 0.15) is 113 Å². The molecule has 2 aliphatic heterocycles. The minimum atomic E-state index is -0.686. The number of rotatable bonds is 8. The van der Waals surface area contributed by atoms with Crippen molar-refractivity contribution in [3.05, 3.63) is 95.1 Å². The number of hydrogen-bond acceptors (Lipinski definition) is 6. The summed E-state index contributed by atoms with van der Waals surface area (Å²) in [4.78, 5) is 28.5. The molecular weight excluding hydrogens is 673 g/mol. The molecule has 54 heavy (non-hydrogen) atoms. The summed E-state index contributed by atoms with van der Waals surface area (Å²) < 4.78 is 26.3. The second-order valence-electron chi connectivity index (χ2n) is 17.8. The zero-order chi connectivity index (χ0) is 37.8. The smallest absolute Gasteiger partial charge is 0.252 e. The number of carbonyl (C=O) groups is 2. The number of fused-ring (bicyclic) bond motifs is 8. The van der Waals surface area contributed by atoms with Crippen molar-refractivity contribution < 1.29 is 28.5 Å². The van der Waals surface area contributed by atoms with E-state index < -0.39 is 11.6 Å². The fourth-order valence-electron chi connectivity index (χ4n) is 9.31. The van der Waals surface area contributed by atoms with Crippen LogP contribution in [0.5, 0.6) is 23.0 Å². The van der Waals surface area contributed by atoms with Crippen LogP contribution in [0.2, 0.25) is 0 Å². The second-order valence-corrected chi connectivity index (χ2v) is 17.8. The molecular formula is C48H48O6. The normalized spacial score (nSPS) is 16.6. The average Bonchev–Trinajstić information content (AvgIpc) is 3.58. The quantitative estimate of drug-likeness (QED) is 0.146. The lowest BCUT2D eigenvalue weighted by molar-refractivity contribution is -0.108. The Labute approximate surface area is 316 Å². The van der Waals surface area contributed by atoms with Crippen LogP contribution in [0.25, 0.3) is 43.1 Å².